The van der Waals surface area contributed by atoms with E-state index in [1.54, 1.807) is 0 Å². The Bertz CT molecular complexity index is 607. The Morgan fingerprint density at radius 3 is 2.83 bits per heavy atom. The van der Waals surface area contributed by atoms with Gasteiger partial charge in [-0.2, -0.15) is 0 Å². The van der Waals surface area contributed by atoms with E-state index in [1.807, 2.05) is 6.92 Å². The van der Waals surface area contributed by atoms with Crippen molar-refractivity contribution >= 4 is 33.2 Å². The Morgan fingerprint density at radius 1 is 1.44 bits per heavy atom. The summed E-state index contributed by atoms with van der Waals surface area (Å²) in [7, 11) is 0. The molecule has 1 aromatic carbocycles. The van der Waals surface area contributed by atoms with Gasteiger partial charge in [0.1, 0.15) is 11.6 Å². The smallest absolute Gasteiger partial charge is 0.233 e. The third-order valence-corrected chi connectivity index (χ3v) is 3.60. The number of halogens is 3. The highest BCUT2D eigenvalue weighted by Gasteiger charge is 2.10. The molecule has 0 aliphatic heterocycles. The van der Waals surface area contributed by atoms with Crippen LogP contribution in [0.4, 0.5) is 10.1 Å². The van der Waals surface area contributed by atoms with Crippen molar-refractivity contribution in [1.82, 2.24) is 4.98 Å². The number of nitrogens with two attached hydrogens (primary N) is 1. The number of rotatable bonds is 2. The van der Waals surface area contributed by atoms with E-state index >= 15 is 0 Å². The van der Waals surface area contributed by atoms with Crippen LogP contribution >= 0.6 is 27.5 Å². The van der Waals surface area contributed by atoms with Gasteiger partial charge < -0.3 is 10.5 Å². The normalized spacial score (nSPS) is 10.4. The molecular formula is C12H9BrClFN2O. The molecule has 0 bridgehead atoms. The minimum Gasteiger partial charge on any atom is -0.438 e. The largest absolute Gasteiger partial charge is 0.438 e. The SMILES string of the molecule is Cc1c(N)cnc(Oc2ccc(F)c(Cl)c2)c1Br. The van der Waals surface area contributed by atoms with Gasteiger partial charge in [0.25, 0.3) is 0 Å². The predicted molar refractivity (Wildman–Crippen MR) is 72.6 cm³/mol. The molecule has 2 rings (SSSR count). The number of anilines is 1. The lowest BCUT2D eigenvalue weighted by Gasteiger charge is -2.10. The summed E-state index contributed by atoms with van der Waals surface area (Å²) in [6, 6.07) is 4.09. The lowest BCUT2D eigenvalue weighted by molar-refractivity contribution is 0.457. The lowest BCUT2D eigenvalue weighted by atomic mass is 10.2. The molecule has 2 N–H and O–H groups in total. The molecule has 1 heterocycles. The molecule has 0 saturated heterocycles. The maximum absolute atomic E-state index is 13.0. The van der Waals surface area contributed by atoms with E-state index in [-0.39, 0.29) is 5.02 Å². The minimum absolute atomic E-state index is 0.00390. The second-order valence-corrected chi connectivity index (χ2v) is 4.84. The second kappa shape index (κ2) is 5.12. The maximum atomic E-state index is 13.0. The van der Waals surface area contributed by atoms with Gasteiger partial charge in [0.05, 0.1) is 21.4 Å². The monoisotopic (exact) mass is 330 g/mol. The van der Waals surface area contributed by atoms with Crippen molar-refractivity contribution in [3.63, 3.8) is 0 Å². The average Bonchev–Trinajstić information content (AvgIpc) is 2.34. The first-order chi connectivity index (χ1) is 8.49. The van der Waals surface area contributed by atoms with Crippen LogP contribution in [-0.4, -0.2) is 4.98 Å². The fourth-order valence-corrected chi connectivity index (χ4v) is 1.87. The van der Waals surface area contributed by atoms with Crippen molar-refractivity contribution in [3.05, 3.63) is 45.3 Å². The second-order valence-electron chi connectivity index (χ2n) is 3.64. The molecular weight excluding hydrogens is 322 g/mol. The number of benzene rings is 1. The van der Waals surface area contributed by atoms with Gasteiger partial charge in [0, 0.05) is 6.07 Å². The van der Waals surface area contributed by atoms with Crippen LogP contribution in [0.2, 0.25) is 5.02 Å². The van der Waals surface area contributed by atoms with Crippen molar-refractivity contribution in [2.75, 3.05) is 5.73 Å². The van der Waals surface area contributed by atoms with E-state index in [9.17, 15) is 4.39 Å². The Morgan fingerprint density at radius 2 is 2.17 bits per heavy atom. The number of hydrogen-bond acceptors (Lipinski definition) is 3. The Labute approximate surface area is 117 Å². The van der Waals surface area contributed by atoms with Crippen LogP contribution in [0.1, 0.15) is 5.56 Å². The molecule has 3 nitrogen and oxygen atoms in total. The van der Waals surface area contributed by atoms with Gasteiger partial charge in [-0.05, 0) is 40.5 Å². The molecule has 2 aromatic rings. The molecule has 0 amide bonds. The average molecular weight is 332 g/mol. The van der Waals surface area contributed by atoms with Crippen LogP contribution in [0.5, 0.6) is 11.6 Å². The molecule has 0 fully saturated rings. The molecule has 0 aliphatic carbocycles. The quantitative estimate of drug-likeness (QED) is 0.891. The summed E-state index contributed by atoms with van der Waals surface area (Å²) in [4.78, 5) is 4.06. The van der Waals surface area contributed by atoms with E-state index in [4.69, 9.17) is 22.1 Å². The first-order valence-electron chi connectivity index (χ1n) is 5.02. The van der Waals surface area contributed by atoms with E-state index in [2.05, 4.69) is 20.9 Å². The number of hydrogen-bond donors (Lipinski definition) is 1. The molecule has 0 radical (unpaired) electrons. The molecule has 0 unspecified atom stereocenters. The van der Waals surface area contributed by atoms with Crippen molar-refractivity contribution in [2.24, 2.45) is 0 Å². The van der Waals surface area contributed by atoms with Gasteiger partial charge in [-0.3, -0.25) is 0 Å². The van der Waals surface area contributed by atoms with Gasteiger partial charge in [0.15, 0.2) is 0 Å². The highest BCUT2D eigenvalue weighted by molar-refractivity contribution is 9.10. The van der Waals surface area contributed by atoms with Gasteiger partial charge in [-0.1, -0.05) is 11.6 Å². The molecule has 18 heavy (non-hydrogen) atoms. The topological polar surface area (TPSA) is 48.1 Å². The number of nitrogens with zero attached hydrogens (tertiary/aromatic N) is 1. The van der Waals surface area contributed by atoms with Crippen LogP contribution < -0.4 is 10.5 Å². The summed E-state index contributed by atoms with van der Waals surface area (Å²) >= 11 is 9.02. The van der Waals surface area contributed by atoms with Crippen molar-refractivity contribution in [2.45, 2.75) is 6.92 Å². The van der Waals surface area contributed by atoms with Crippen LogP contribution in [-0.2, 0) is 0 Å². The highest BCUT2D eigenvalue weighted by atomic mass is 79.9. The standard InChI is InChI=1S/C12H9BrClFN2O/c1-6-10(16)5-17-12(11(6)13)18-7-2-3-9(15)8(14)4-7/h2-5H,16H2,1H3. The van der Waals surface area contributed by atoms with E-state index in [0.29, 0.717) is 21.8 Å². The van der Waals surface area contributed by atoms with Crippen LogP contribution in [0, 0.1) is 12.7 Å². The summed E-state index contributed by atoms with van der Waals surface area (Å²) in [6.07, 6.45) is 1.50. The third kappa shape index (κ3) is 2.57. The first kappa shape index (κ1) is 13.1. The van der Waals surface area contributed by atoms with Gasteiger partial charge in [-0.25, -0.2) is 9.37 Å². The molecule has 1 aromatic heterocycles. The summed E-state index contributed by atoms with van der Waals surface area (Å²) in [6.45, 7) is 1.84. The third-order valence-electron chi connectivity index (χ3n) is 2.38. The summed E-state index contributed by atoms with van der Waals surface area (Å²) in [5.74, 6) is 0.257. The van der Waals surface area contributed by atoms with Crippen LogP contribution in [0.15, 0.2) is 28.9 Å². The fraction of sp³-hybridized carbons (Fsp3) is 0.0833. The maximum Gasteiger partial charge on any atom is 0.233 e. The number of pyridine rings is 1. The summed E-state index contributed by atoms with van der Waals surface area (Å²) in [5, 5.41) is -0.00390. The number of nitrogen functional groups attached to an aromatic ring is 1. The first-order valence-corrected chi connectivity index (χ1v) is 6.19. The molecule has 0 saturated carbocycles. The summed E-state index contributed by atoms with van der Waals surface area (Å²) < 4.78 is 19.2. The van der Waals surface area contributed by atoms with E-state index < -0.39 is 5.82 Å². The van der Waals surface area contributed by atoms with E-state index in [0.717, 1.165) is 5.56 Å². The van der Waals surface area contributed by atoms with Gasteiger partial charge >= 0.3 is 0 Å². The molecule has 0 aliphatic rings. The van der Waals surface area contributed by atoms with E-state index in [1.165, 1.54) is 24.4 Å². The van der Waals surface area contributed by atoms with Crippen LogP contribution in [0.25, 0.3) is 0 Å². The highest BCUT2D eigenvalue weighted by Crippen LogP contribution is 2.33. The molecule has 94 valence electrons. The minimum atomic E-state index is -0.496. The zero-order chi connectivity index (χ0) is 13.3. The molecule has 0 spiro atoms. The van der Waals surface area contributed by atoms with Gasteiger partial charge in [0.2, 0.25) is 5.88 Å². The molecule has 0 atom stereocenters. The fourth-order valence-electron chi connectivity index (χ4n) is 1.29. The number of ether oxygens (including phenoxy) is 1. The zero-order valence-corrected chi connectivity index (χ0v) is 11.7. The lowest BCUT2D eigenvalue weighted by Crippen LogP contribution is -1.96. The number of aromatic nitrogens is 1. The van der Waals surface area contributed by atoms with Gasteiger partial charge in [-0.15, -0.1) is 0 Å². The van der Waals surface area contributed by atoms with Crippen molar-refractivity contribution < 1.29 is 9.13 Å². The van der Waals surface area contributed by atoms with Crippen LogP contribution in [0.3, 0.4) is 0 Å². The Balaban J connectivity index is 2.34. The molecule has 6 heteroatoms. The predicted octanol–water partition coefficient (Wildman–Crippen LogP) is 4.32. The van der Waals surface area contributed by atoms with Crippen molar-refractivity contribution in [1.29, 1.82) is 0 Å². The zero-order valence-electron chi connectivity index (χ0n) is 9.38. The van der Waals surface area contributed by atoms with Crippen molar-refractivity contribution in [3.8, 4) is 11.6 Å². The Kier molecular flexibility index (Phi) is 3.73. The summed E-state index contributed by atoms with van der Waals surface area (Å²) in [5.41, 5.74) is 7.10. The Hall–Kier alpha value is -1.33.